The minimum atomic E-state index is -0.0401. The van der Waals surface area contributed by atoms with Gasteiger partial charge >= 0.3 is 0 Å². The van der Waals surface area contributed by atoms with Crippen molar-refractivity contribution >= 4 is 28.5 Å². The first-order valence-corrected chi connectivity index (χ1v) is 13.6. The molecule has 0 bridgehead atoms. The number of carbonyl (C=O) groups excluding carboxylic acids is 1. The molecule has 1 amide bonds. The molecule has 2 aromatic rings. The Kier molecular flexibility index (Phi) is 7.38. The van der Waals surface area contributed by atoms with Crippen molar-refractivity contribution < 1.29 is 9.53 Å². The first kappa shape index (κ1) is 24.5. The van der Waals surface area contributed by atoms with Crippen LogP contribution in [0.4, 0.5) is 5.69 Å². The molecular weight excluding hydrogens is 472 g/mol. The molecule has 3 heterocycles. The van der Waals surface area contributed by atoms with Crippen molar-refractivity contribution in [1.29, 1.82) is 0 Å². The Labute approximate surface area is 217 Å². The first-order valence-electron chi connectivity index (χ1n) is 12.6. The van der Waals surface area contributed by atoms with Crippen molar-refractivity contribution in [2.75, 3.05) is 17.7 Å². The maximum absolute atomic E-state index is 12.5. The van der Waals surface area contributed by atoms with Crippen molar-refractivity contribution in [1.82, 2.24) is 20.8 Å². The molecule has 36 heavy (non-hydrogen) atoms. The second-order valence-electron chi connectivity index (χ2n) is 9.47. The van der Waals surface area contributed by atoms with Gasteiger partial charge in [-0.15, -0.1) is 0 Å². The number of aryl methyl sites for hydroxylation is 2. The van der Waals surface area contributed by atoms with E-state index in [2.05, 4.69) is 75.5 Å². The van der Waals surface area contributed by atoms with Gasteiger partial charge in [0.25, 0.3) is 0 Å². The highest BCUT2D eigenvalue weighted by atomic mass is 32.2. The van der Waals surface area contributed by atoms with E-state index in [-0.39, 0.29) is 24.2 Å². The van der Waals surface area contributed by atoms with E-state index in [4.69, 9.17) is 4.74 Å². The average molecular weight is 507 g/mol. The van der Waals surface area contributed by atoms with Crippen LogP contribution >= 0.6 is 11.8 Å². The highest BCUT2D eigenvalue weighted by molar-refractivity contribution is 8.14. The van der Waals surface area contributed by atoms with Crippen LogP contribution in [0.25, 0.3) is 0 Å². The lowest BCUT2D eigenvalue weighted by Gasteiger charge is -2.36. The molecule has 0 aromatic heterocycles. The lowest BCUT2D eigenvalue weighted by molar-refractivity contribution is -0.113. The molecular formula is C27H34N6O2S. The standard InChI is InChI=1S/C27H34N6O2S/c1-4-5-14-35-22-10-7-20(8-11-22)23-16-24-26-29-30-27(32(26)12-13-33(24)31-23)36-17-25(34)28-21-9-6-18(2)19(3)15-21/h6-13,15,23-24,26,29,31H,4-5,14,16-17H2,1-3H3,(H,28,34). The molecule has 3 atom stereocenters. The predicted octanol–water partition coefficient (Wildman–Crippen LogP) is 4.46. The summed E-state index contributed by atoms with van der Waals surface area (Å²) in [5.74, 6) is 1.18. The number of ether oxygens (including phenoxy) is 1. The molecule has 5 rings (SSSR count). The fourth-order valence-corrected chi connectivity index (χ4v) is 5.42. The van der Waals surface area contributed by atoms with E-state index in [0.717, 1.165) is 48.0 Å². The van der Waals surface area contributed by atoms with Gasteiger partial charge in [0, 0.05) is 18.1 Å². The summed E-state index contributed by atoms with van der Waals surface area (Å²) >= 11 is 1.44. The molecule has 0 radical (unpaired) electrons. The molecule has 9 heteroatoms. The zero-order chi connectivity index (χ0) is 25.1. The molecule has 8 nitrogen and oxygen atoms in total. The average Bonchev–Trinajstić information content (AvgIpc) is 3.50. The van der Waals surface area contributed by atoms with Gasteiger partial charge in [-0.2, -0.15) is 5.10 Å². The predicted molar refractivity (Wildman–Crippen MR) is 145 cm³/mol. The van der Waals surface area contributed by atoms with Crippen molar-refractivity contribution in [3.8, 4) is 5.75 Å². The number of nitrogens with zero attached hydrogens (tertiary/aromatic N) is 3. The molecule has 0 saturated carbocycles. The fourth-order valence-electron chi connectivity index (χ4n) is 4.64. The summed E-state index contributed by atoms with van der Waals surface area (Å²) in [6, 6.07) is 14.8. The summed E-state index contributed by atoms with van der Waals surface area (Å²) in [5.41, 5.74) is 11.3. The molecule has 1 fully saturated rings. The fraction of sp³-hybridized carbons (Fsp3) is 0.407. The second-order valence-corrected chi connectivity index (χ2v) is 10.4. The molecule has 3 aliphatic rings. The maximum atomic E-state index is 12.5. The van der Waals surface area contributed by atoms with Crippen LogP contribution in [-0.4, -0.2) is 45.6 Å². The zero-order valence-corrected chi connectivity index (χ0v) is 21.8. The van der Waals surface area contributed by atoms with Gasteiger partial charge in [0.15, 0.2) is 5.17 Å². The third kappa shape index (κ3) is 5.32. The van der Waals surface area contributed by atoms with Gasteiger partial charge in [-0.1, -0.05) is 43.3 Å². The number of hydrogen-bond acceptors (Lipinski definition) is 8. The van der Waals surface area contributed by atoms with Crippen LogP contribution in [-0.2, 0) is 4.79 Å². The number of hydrazine groups is 1. The Bertz CT molecular complexity index is 1150. The largest absolute Gasteiger partial charge is 0.494 e. The van der Waals surface area contributed by atoms with E-state index < -0.39 is 0 Å². The molecule has 3 unspecified atom stereocenters. The van der Waals surface area contributed by atoms with E-state index in [0.29, 0.717) is 5.75 Å². The van der Waals surface area contributed by atoms with Crippen LogP contribution in [0, 0.1) is 13.8 Å². The van der Waals surface area contributed by atoms with Gasteiger partial charge < -0.3 is 20.0 Å². The van der Waals surface area contributed by atoms with Crippen molar-refractivity contribution in [3.63, 3.8) is 0 Å². The highest BCUT2D eigenvalue weighted by Gasteiger charge is 2.44. The maximum Gasteiger partial charge on any atom is 0.234 e. The second kappa shape index (κ2) is 10.8. The van der Waals surface area contributed by atoms with E-state index >= 15 is 0 Å². The summed E-state index contributed by atoms with van der Waals surface area (Å²) in [4.78, 5) is 14.7. The summed E-state index contributed by atoms with van der Waals surface area (Å²) in [7, 11) is 0. The number of rotatable bonds is 8. The van der Waals surface area contributed by atoms with Crippen LogP contribution in [0.3, 0.4) is 0 Å². The smallest absolute Gasteiger partial charge is 0.234 e. The van der Waals surface area contributed by atoms with Gasteiger partial charge in [-0.25, -0.2) is 5.43 Å². The van der Waals surface area contributed by atoms with Crippen LogP contribution in [0.5, 0.6) is 5.75 Å². The molecule has 2 aromatic carbocycles. The Morgan fingerprint density at radius 2 is 2.00 bits per heavy atom. The summed E-state index contributed by atoms with van der Waals surface area (Å²) in [5, 5.41) is 10.5. The molecule has 1 saturated heterocycles. The quantitative estimate of drug-likeness (QED) is 0.456. The summed E-state index contributed by atoms with van der Waals surface area (Å²) in [6.07, 6.45) is 7.24. The van der Waals surface area contributed by atoms with E-state index in [1.807, 2.05) is 31.3 Å². The molecule has 0 spiro atoms. The number of nitrogens with one attached hydrogen (secondary N) is 3. The van der Waals surface area contributed by atoms with Crippen molar-refractivity contribution in [2.24, 2.45) is 5.10 Å². The summed E-state index contributed by atoms with van der Waals surface area (Å²) < 4.78 is 5.81. The van der Waals surface area contributed by atoms with Gasteiger partial charge in [-0.05, 0) is 67.6 Å². The summed E-state index contributed by atoms with van der Waals surface area (Å²) in [6.45, 7) is 7.03. The van der Waals surface area contributed by atoms with Crippen LogP contribution in [0.15, 0.2) is 60.0 Å². The van der Waals surface area contributed by atoms with Crippen LogP contribution in [0.1, 0.15) is 48.9 Å². The Balaban J connectivity index is 1.14. The molecule has 3 aliphatic heterocycles. The number of anilines is 1. The molecule has 190 valence electrons. The third-order valence-electron chi connectivity index (χ3n) is 6.88. The number of thioether (sulfide) groups is 1. The SMILES string of the molecule is CCCCOc1ccc(C2CC3C4NN=C(SCC(=O)Nc5ccc(C)c(C)c5)N4C=CN3N2)cc1. The minimum Gasteiger partial charge on any atom is -0.494 e. The Morgan fingerprint density at radius 3 is 2.78 bits per heavy atom. The molecule has 0 aliphatic carbocycles. The monoisotopic (exact) mass is 506 g/mol. The van der Waals surface area contributed by atoms with Gasteiger partial charge in [0.2, 0.25) is 5.91 Å². The first-order chi connectivity index (χ1) is 17.5. The number of carbonyl (C=O) groups is 1. The Morgan fingerprint density at radius 1 is 1.17 bits per heavy atom. The zero-order valence-electron chi connectivity index (χ0n) is 21.0. The molecule has 3 N–H and O–H groups in total. The Hall–Kier alpha value is -3.17. The van der Waals surface area contributed by atoms with Crippen molar-refractivity contribution in [3.05, 3.63) is 71.6 Å². The van der Waals surface area contributed by atoms with Gasteiger partial charge in [0.05, 0.1) is 24.4 Å². The lowest BCUT2D eigenvalue weighted by Crippen LogP contribution is -2.54. The van der Waals surface area contributed by atoms with E-state index in [1.165, 1.54) is 22.9 Å². The minimum absolute atomic E-state index is 0.0226. The van der Waals surface area contributed by atoms with Crippen LogP contribution < -0.4 is 20.9 Å². The van der Waals surface area contributed by atoms with Crippen LogP contribution in [0.2, 0.25) is 0 Å². The number of hydrogen-bond donors (Lipinski definition) is 3. The van der Waals surface area contributed by atoms with Crippen molar-refractivity contribution in [2.45, 2.75) is 58.3 Å². The topological polar surface area (TPSA) is 81.2 Å². The lowest BCUT2D eigenvalue weighted by atomic mass is 10.00. The highest BCUT2D eigenvalue weighted by Crippen LogP contribution is 2.35. The van der Waals surface area contributed by atoms with Gasteiger partial charge in [0.1, 0.15) is 11.9 Å². The van der Waals surface area contributed by atoms with E-state index in [1.54, 1.807) is 0 Å². The third-order valence-corrected chi connectivity index (χ3v) is 7.84. The number of unbranched alkanes of at least 4 members (excludes halogenated alkanes) is 1. The number of amidine groups is 1. The van der Waals surface area contributed by atoms with Gasteiger partial charge in [-0.3, -0.25) is 10.2 Å². The normalized spacial score (nSPS) is 22.1. The number of benzene rings is 2. The number of hydrazone groups is 1. The number of fused-ring (bicyclic) bond motifs is 3. The van der Waals surface area contributed by atoms with E-state index in [9.17, 15) is 4.79 Å². The number of amides is 1.